The average molecular weight is 209 g/mol. The molecule has 0 radical (unpaired) electrons. The summed E-state index contributed by atoms with van der Waals surface area (Å²) in [5.74, 6) is 0. The molecular weight excluding hydrogens is 196 g/mol. The molecule has 2 aromatic rings. The molecule has 2 nitrogen and oxygen atoms in total. The highest BCUT2D eigenvalue weighted by Crippen LogP contribution is 2.26. The SMILES string of the molecule is CC(C)(C)c1cc(Cl)n2ccnc2c1. The molecule has 0 fully saturated rings. The van der Waals surface area contributed by atoms with Gasteiger partial charge in [-0.3, -0.25) is 4.40 Å². The number of hydrogen-bond acceptors (Lipinski definition) is 1. The zero-order valence-electron chi connectivity index (χ0n) is 8.58. The summed E-state index contributed by atoms with van der Waals surface area (Å²) in [6, 6.07) is 4.07. The number of aromatic nitrogens is 2. The molecule has 2 heterocycles. The molecule has 0 amide bonds. The third kappa shape index (κ3) is 1.50. The first kappa shape index (κ1) is 9.53. The van der Waals surface area contributed by atoms with E-state index < -0.39 is 0 Å². The lowest BCUT2D eigenvalue weighted by Gasteiger charge is -2.19. The second-order valence-electron chi connectivity index (χ2n) is 4.47. The summed E-state index contributed by atoms with van der Waals surface area (Å²) in [6.07, 6.45) is 3.62. The molecule has 0 aliphatic carbocycles. The van der Waals surface area contributed by atoms with E-state index in [9.17, 15) is 0 Å². The molecule has 0 saturated carbocycles. The topological polar surface area (TPSA) is 17.3 Å². The highest BCUT2D eigenvalue weighted by Gasteiger charge is 2.15. The van der Waals surface area contributed by atoms with Crippen LogP contribution in [0.4, 0.5) is 0 Å². The summed E-state index contributed by atoms with van der Waals surface area (Å²) in [4.78, 5) is 4.23. The maximum absolute atomic E-state index is 6.13. The molecule has 0 aromatic carbocycles. The van der Waals surface area contributed by atoms with E-state index in [4.69, 9.17) is 11.6 Å². The summed E-state index contributed by atoms with van der Waals surface area (Å²) in [6.45, 7) is 6.49. The van der Waals surface area contributed by atoms with E-state index in [2.05, 4.69) is 31.8 Å². The fourth-order valence-corrected chi connectivity index (χ4v) is 1.67. The number of rotatable bonds is 0. The minimum atomic E-state index is 0.108. The monoisotopic (exact) mass is 208 g/mol. The van der Waals surface area contributed by atoms with Crippen molar-refractivity contribution >= 4 is 17.2 Å². The molecule has 2 rings (SSSR count). The van der Waals surface area contributed by atoms with Crippen molar-refractivity contribution in [1.29, 1.82) is 0 Å². The lowest BCUT2D eigenvalue weighted by molar-refractivity contribution is 0.589. The van der Waals surface area contributed by atoms with Gasteiger partial charge in [-0.25, -0.2) is 4.98 Å². The molecule has 0 N–H and O–H groups in total. The van der Waals surface area contributed by atoms with E-state index in [1.165, 1.54) is 5.56 Å². The van der Waals surface area contributed by atoms with Crippen LogP contribution in [-0.4, -0.2) is 9.38 Å². The van der Waals surface area contributed by atoms with Gasteiger partial charge in [0.15, 0.2) is 0 Å². The molecule has 0 bridgehead atoms. The van der Waals surface area contributed by atoms with Crippen LogP contribution in [0.2, 0.25) is 5.15 Å². The maximum atomic E-state index is 6.13. The molecule has 0 spiro atoms. The minimum absolute atomic E-state index is 0.108. The molecule has 0 saturated heterocycles. The second-order valence-corrected chi connectivity index (χ2v) is 4.86. The molecule has 0 aliphatic heterocycles. The number of fused-ring (bicyclic) bond motifs is 1. The summed E-state index contributed by atoms with van der Waals surface area (Å²) < 4.78 is 1.87. The Labute approximate surface area is 88.5 Å². The smallest absolute Gasteiger partial charge is 0.138 e. The van der Waals surface area contributed by atoms with Gasteiger partial charge in [0.25, 0.3) is 0 Å². The quantitative estimate of drug-likeness (QED) is 0.608. The predicted octanol–water partition coefficient (Wildman–Crippen LogP) is 3.29. The standard InChI is InChI=1S/C11H13ClN2/c1-11(2,3)8-6-9(12)14-5-4-13-10(14)7-8/h4-7H,1-3H3. The Balaban J connectivity index is 2.70. The highest BCUT2D eigenvalue weighted by molar-refractivity contribution is 6.29. The van der Waals surface area contributed by atoms with Crippen molar-refractivity contribution < 1.29 is 0 Å². The van der Waals surface area contributed by atoms with Gasteiger partial charge in [-0.15, -0.1) is 0 Å². The van der Waals surface area contributed by atoms with E-state index in [0.717, 1.165) is 5.65 Å². The van der Waals surface area contributed by atoms with Crippen molar-refractivity contribution in [2.75, 3.05) is 0 Å². The lowest BCUT2D eigenvalue weighted by Crippen LogP contribution is -2.11. The molecule has 0 unspecified atom stereocenters. The molecule has 14 heavy (non-hydrogen) atoms. The van der Waals surface area contributed by atoms with Gasteiger partial charge in [0.2, 0.25) is 0 Å². The first-order chi connectivity index (χ1) is 6.48. The number of halogens is 1. The van der Waals surface area contributed by atoms with Crippen molar-refractivity contribution in [2.24, 2.45) is 0 Å². The van der Waals surface area contributed by atoms with E-state index in [0.29, 0.717) is 5.15 Å². The van der Waals surface area contributed by atoms with E-state index in [-0.39, 0.29) is 5.41 Å². The van der Waals surface area contributed by atoms with Crippen LogP contribution < -0.4 is 0 Å². The summed E-state index contributed by atoms with van der Waals surface area (Å²) in [5, 5.41) is 0.713. The Morgan fingerprint density at radius 3 is 2.64 bits per heavy atom. The van der Waals surface area contributed by atoms with Crippen LogP contribution in [0.15, 0.2) is 24.5 Å². The zero-order valence-corrected chi connectivity index (χ0v) is 9.34. The molecule has 2 aromatic heterocycles. The van der Waals surface area contributed by atoms with Gasteiger partial charge in [0, 0.05) is 12.4 Å². The summed E-state index contributed by atoms with van der Waals surface area (Å²) in [5.41, 5.74) is 2.22. The average Bonchev–Trinajstić information content (AvgIpc) is 2.50. The van der Waals surface area contributed by atoms with Crippen LogP contribution in [0, 0.1) is 0 Å². The van der Waals surface area contributed by atoms with Gasteiger partial charge in [0.05, 0.1) is 0 Å². The van der Waals surface area contributed by atoms with Gasteiger partial charge in [-0.1, -0.05) is 32.4 Å². The van der Waals surface area contributed by atoms with Crippen LogP contribution >= 0.6 is 11.6 Å². The first-order valence-electron chi connectivity index (χ1n) is 4.61. The fourth-order valence-electron chi connectivity index (χ4n) is 1.41. The molecular formula is C11H13ClN2. The van der Waals surface area contributed by atoms with Crippen molar-refractivity contribution in [3.63, 3.8) is 0 Å². The van der Waals surface area contributed by atoms with Crippen molar-refractivity contribution in [3.8, 4) is 0 Å². The number of hydrogen-bond donors (Lipinski definition) is 0. The van der Waals surface area contributed by atoms with Gasteiger partial charge in [-0.05, 0) is 23.1 Å². The molecule has 0 atom stereocenters. The Bertz CT molecular complexity index is 466. The van der Waals surface area contributed by atoms with Crippen molar-refractivity contribution in [2.45, 2.75) is 26.2 Å². The largest absolute Gasteiger partial charge is 0.290 e. The minimum Gasteiger partial charge on any atom is -0.290 e. The Hall–Kier alpha value is -1.02. The van der Waals surface area contributed by atoms with Crippen molar-refractivity contribution in [1.82, 2.24) is 9.38 Å². The molecule has 74 valence electrons. The normalized spacial score (nSPS) is 12.3. The highest BCUT2D eigenvalue weighted by atomic mass is 35.5. The Morgan fingerprint density at radius 1 is 1.29 bits per heavy atom. The van der Waals surface area contributed by atoms with Crippen molar-refractivity contribution in [3.05, 3.63) is 35.2 Å². The van der Waals surface area contributed by atoms with E-state index in [1.54, 1.807) is 6.20 Å². The lowest BCUT2D eigenvalue weighted by atomic mass is 9.88. The number of pyridine rings is 1. The molecule has 0 aliphatic rings. The second kappa shape index (κ2) is 2.99. The van der Waals surface area contributed by atoms with Crippen LogP contribution in [0.1, 0.15) is 26.3 Å². The number of imidazole rings is 1. The van der Waals surface area contributed by atoms with Gasteiger partial charge in [0.1, 0.15) is 10.8 Å². The third-order valence-electron chi connectivity index (χ3n) is 2.32. The van der Waals surface area contributed by atoms with Crippen LogP contribution in [0.3, 0.4) is 0 Å². The Kier molecular flexibility index (Phi) is 2.04. The van der Waals surface area contributed by atoms with Gasteiger partial charge < -0.3 is 0 Å². The Morgan fingerprint density at radius 2 is 2.00 bits per heavy atom. The van der Waals surface area contributed by atoms with E-state index >= 15 is 0 Å². The van der Waals surface area contributed by atoms with Crippen LogP contribution in [0.5, 0.6) is 0 Å². The predicted molar refractivity (Wildman–Crippen MR) is 58.9 cm³/mol. The van der Waals surface area contributed by atoms with Crippen LogP contribution in [-0.2, 0) is 5.41 Å². The molecule has 3 heteroatoms. The van der Waals surface area contributed by atoms with Gasteiger partial charge in [-0.2, -0.15) is 0 Å². The van der Waals surface area contributed by atoms with E-state index in [1.807, 2.05) is 16.7 Å². The maximum Gasteiger partial charge on any atom is 0.138 e. The number of nitrogens with zero attached hydrogens (tertiary/aromatic N) is 2. The van der Waals surface area contributed by atoms with Gasteiger partial charge >= 0.3 is 0 Å². The summed E-state index contributed by atoms with van der Waals surface area (Å²) >= 11 is 6.13. The first-order valence-corrected chi connectivity index (χ1v) is 4.99. The zero-order chi connectivity index (χ0) is 10.3. The third-order valence-corrected chi connectivity index (χ3v) is 2.62. The van der Waals surface area contributed by atoms with Crippen LogP contribution in [0.25, 0.3) is 5.65 Å². The fraction of sp³-hybridized carbons (Fsp3) is 0.364. The summed E-state index contributed by atoms with van der Waals surface area (Å²) in [7, 11) is 0.